The normalized spacial score (nSPS) is 21.5. The molecule has 0 aromatic rings. The monoisotopic (exact) mass is 276 g/mol. The van der Waals surface area contributed by atoms with Gasteiger partial charge in [-0.3, -0.25) is 0 Å². The predicted octanol–water partition coefficient (Wildman–Crippen LogP) is -0.199. The summed E-state index contributed by atoms with van der Waals surface area (Å²) >= 11 is 0. The fourth-order valence-electron chi connectivity index (χ4n) is 2.28. The summed E-state index contributed by atoms with van der Waals surface area (Å²) in [5, 5.41) is 38.1. The molecular weight excluding hydrogens is 252 g/mol. The van der Waals surface area contributed by atoms with Crippen LogP contribution in [0.2, 0.25) is 0 Å². The third-order valence-corrected chi connectivity index (χ3v) is 3.67. The van der Waals surface area contributed by atoms with Crippen molar-refractivity contribution in [1.82, 2.24) is 0 Å². The van der Waals surface area contributed by atoms with Crippen molar-refractivity contribution in [3.63, 3.8) is 0 Å². The highest BCUT2D eigenvalue weighted by Crippen LogP contribution is 2.39. The van der Waals surface area contributed by atoms with Crippen LogP contribution in [-0.2, 0) is 9.53 Å². The topological polar surface area (TPSA) is 107 Å². The summed E-state index contributed by atoms with van der Waals surface area (Å²) in [6.07, 6.45) is -0.403. The highest BCUT2D eigenvalue weighted by atomic mass is 16.6. The Morgan fingerprint density at radius 1 is 1.16 bits per heavy atom. The average Bonchev–Trinajstić information content (AvgIpc) is 2.28. The molecule has 6 nitrogen and oxygen atoms in total. The van der Waals surface area contributed by atoms with Crippen LogP contribution in [0.4, 0.5) is 0 Å². The molecule has 0 saturated heterocycles. The molecule has 0 aliphatic rings. The smallest absolute Gasteiger partial charge is 0.332 e. The summed E-state index contributed by atoms with van der Waals surface area (Å²) < 4.78 is 4.34. The largest absolute Gasteiger partial charge is 0.436 e. The lowest BCUT2D eigenvalue weighted by Gasteiger charge is -2.43. The summed E-state index contributed by atoms with van der Waals surface area (Å²) in [5.74, 6) is -1.28. The predicted molar refractivity (Wildman–Crippen MR) is 69.0 cm³/mol. The van der Waals surface area contributed by atoms with Gasteiger partial charge in [0.15, 0.2) is 6.79 Å². The van der Waals surface area contributed by atoms with Gasteiger partial charge >= 0.3 is 5.97 Å². The molecule has 0 heterocycles. The second-order valence-corrected chi connectivity index (χ2v) is 4.81. The maximum absolute atomic E-state index is 11.2. The maximum atomic E-state index is 11.2. The molecule has 4 atom stereocenters. The van der Waals surface area contributed by atoms with Gasteiger partial charge in [0, 0.05) is 11.5 Å². The van der Waals surface area contributed by atoms with Crippen molar-refractivity contribution in [1.29, 1.82) is 0 Å². The van der Waals surface area contributed by atoms with Gasteiger partial charge in [0.1, 0.15) is 0 Å². The van der Waals surface area contributed by atoms with Crippen LogP contribution in [0, 0.1) is 11.3 Å². The summed E-state index contributed by atoms with van der Waals surface area (Å²) in [4.78, 5) is 11.2. The van der Waals surface area contributed by atoms with Gasteiger partial charge in [-0.15, -0.1) is 0 Å². The Kier molecular flexibility index (Phi) is 7.21. The van der Waals surface area contributed by atoms with Crippen molar-refractivity contribution in [3.05, 3.63) is 12.2 Å². The molecule has 0 aliphatic carbocycles. The molecular formula is C13H24O6. The number of esters is 1. The number of hydrogen-bond acceptors (Lipinski definition) is 6. The molecule has 0 saturated carbocycles. The quantitative estimate of drug-likeness (QED) is 0.291. The van der Waals surface area contributed by atoms with E-state index in [9.17, 15) is 20.1 Å². The fraction of sp³-hybridized carbons (Fsp3) is 0.769. The molecule has 112 valence electrons. The van der Waals surface area contributed by atoms with E-state index in [0.29, 0.717) is 0 Å². The second-order valence-electron chi connectivity index (χ2n) is 4.81. The molecule has 4 unspecified atom stereocenters. The van der Waals surface area contributed by atoms with E-state index in [2.05, 4.69) is 4.74 Å². The average molecular weight is 276 g/mol. The van der Waals surface area contributed by atoms with E-state index in [4.69, 9.17) is 5.11 Å². The molecule has 0 fully saturated rings. The van der Waals surface area contributed by atoms with E-state index in [0.717, 1.165) is 6.08 Å². The van der Waals surface area contributed by atoms with Crippen LogP contribution in [-0.4, -0.2) is 51.5 Å². The molecule has 0 aliphatic heterocycles. The SMILES string of the molecule is CC(O)C(C)C(C=CC(=O)OCO)(C(C)O)C(C)O. The number of carbonyl (C=O) groups is 1. The molecule has 0 aromatic heterocycles. The van der Waals surface area contributed by atoms with Gasteiger partial charge in [-0.2, -0.15) is 0 Å². The van der Waals surface area contributed by atoms with E-state index >= 15 is 0 Å². The maximum Gasteiger partial charge on any atom is 0.332 e. The van der Waals surface area contributed by atoms with Crippen molar-refractivity contribution in [2.45, 2.75) is 46.0 Å². The molecule has 6 heteroatoms. The molecule has 0 radical (unpaired) electrons. The van der Waals surface area contributed by atoms with Crippen molar-refractivity contribution in [2.75, 3.05) is 6.79 Å². The Morgan fingerprint density at radius 3 is 1.95 bits per heavy atom. The number of carbonyl (C=O) groups excluding carboxylic acids is 1. The van der Waals surface area contributed by atoms with E-state index in [-0.39, 0.29) is 0 Å². The highest BCUT2D eigenvalue weighted by molar-refractivity contribution is 5.82. The Hall–Kier alpha value is -0.950. The van der Waals surface area contributed by atoms with Gasteiger partial charge < -0.3 is 25.2 Å². The van der Waals surface area contributed by atoms with Crippen LogP contribution in [0.3, 0.4) is 0 Å². The van der Waals surface area contributed by atoms with E-state index < -0.39 is 42.4 Å². The van der Waals surface area contributed by atoms with E-state index in [1.54, 1.807) is 13.8 Å². The van der Waals surface area contributed by atoms with Crippen LogP contribution in [0.25, 0.3) is 0 Å². The lowest BCUT2D eigenvalue weighted by Crippen LogP contribution is -2.49. The fourth-order valence-corrected chi connectivity index (χ4v) is 2.28. The minimum atomic E-state index is -1.19. The minimum Gasteiger partial charge on any atom is -0.436 e. The van der Waals surface area contributed by atoms with Crippen LogP contribution in [0.1, 0.15) is 27.7 Å². The third kappa shape index (κ3) is 4.28. The van der Waals surface area contributed by atoms with Gasteiger partial charge in [-0.05, 0) is 26.7 Å². The second kappa shape index (κ2) is 7.59. The Labute approximate surface area is 113 Å². The zero-order valence-corrected chi connectivity index (χ0v) is 11.8. The van der Waals surface area contributed by atoms with Crippen molar-refractivity contribution in [2.24, 2.45) is 11.3 Å². The van der Waals surface area contributed by atoms with Crippen molar-refractivity contribution < 1.29 is 30.0 Å². The van der Waals surface area contributed by atoms with Crippen LogP contribution in [0.15, 0.2) is 12.2 Å². The molecule has 0 amide bonds. The first kappa shape index (κ1) is 18.0. The number of rotatable bonds is 7. The van der Waals surface area contributed by atoms with Crippen LogP contribution >= 0.6 is 0 Å². The summed E-state index contributed by atoms with van der Waals surface area (Å²) in [6, 6.07) is 0. The first-order valence-electron chi connectivity index (χ1n) is 6.21. The first-order chi connectivity index (χ1) is 8.70. The van der Waals surface area contributed by atoms with Gasteiger partial charge in [-0.25, -0.2) is 4.79 Å². The summed E-state index contributed by atoms with van der Waals surface area (Å²) in [5.41, 5.74) is -1.19. The zero-order valence-electron chi connectivity index (χ0n) is 11.8. The molecule has 4 N–H and O–H groups in total. The van der Waals surface area contributed by atoms with Crippen molar-refractivity contribution >= 4 is 5.97 Å². The number of hydrogen-bond donors (Lipinski definition) is 4. The number of ether oxygens (including phenoxy) is 1. The van der Waals surface area contributed by atoms with Gasteiger partial charge in [0.2, 0.25) is 0 Å². The standard InChI is InChI=1S/C13H24O6/c1-8(9(2)15)13(10(3)16,11(4)17)6-5-12(18)19-7-14/h5-6,8-11,14-17H,7H2,1-4H3. The minimum absolute atomic E-state index is 0.495. The highest BCUT2D eigenvalue weighted by Gasteiger charge is 2.44. The lowest BCUT2D eigenvalue weighted by atomic mass is 9.66. The molecule has 0 rings (SSSR count). The molecule has 0 aromatic carbocycles. The van der Waals surface area contributed by atoms with Crippen LogP contribution in [0.5, 0.6) is 0 Å². The Balaban J connectivity index is 5.43. The summed E-state index contributed by atoms with van der Waals surface area (Å²) in [7, 11) is 0. The van der Waals surface area contributed by atoms with Crippen molar-refractivity contribution in [3.8, 4) is 0 Å². The number of aliphatic hydroxyl groups excluding tert-OH is 4. The Morgan fingerprint density at radius 2 is 1.63 bits per heavy atom. The van der Waals surface area contributed by atoms with Gasteiger partial charge in [-0.1, -0.05) is 13.0 Å². The Bertz CT molecular complexity index is 300. The first-order valence-corrected chi connectivity index (χ1v) is 6.21. The zero-order chi connectivity index (χ0) is 15.2. The summed E-state index contributed by atoms with van der Waals surface area (Å²) in [6.45, 7) is 5.43. The van der Waals surface area contributed by atoms with Gasteiger partial charge in [0.25, 0.3) is 0 Å². The van der Waals surface area contributed by atoms with E-state index in [1.165, 1.54) is 19.9 Å². The lowest BCUT2D eigenvalue weighted by molar-refractivity contribution is -0.145. The van der Waals surface area contributed by atoms with Crippen LogP contribution < -0.4 is 0 Å². The van der Waals surface area contributed by atoms with Gasteiger partial charge in [0.05, 0.1) is 18.3 Å². The molecule has 19 heavy (non-hydrogen) atoms. The third-order valence-electron chi connectivity index (χ3n) is 3.67. The molecule has 0 bridgehead atoms. The number of aliphatic hydroxyl groups is 4. The van der Waals surface area contributed by atoms with E-state index in [1.807, 2.05) is 0 Å². The molecule has 0 spiro atoms.